The Morgan fingerprint density at radius 1 is 1.11 bits per heavy atom. The van der Waals surface area contributed by atoms with Crippen molar-refractivity contribution in [2.45, 2.75) is 51.5 Å². The molecule has 0 bridgehead atoms. The Morgan fingerprint density at radius 2 is 1.94 bits per heavy atom. The van der Waals surface area contributed by atoms with Crippen LogP contribution in [0.25, 0.3) is 0 Å². The zero-order valence-electron chi connectivity index (χ0n) is 11.1. The zero-order chi connectivity index (χ0) is 12.5. The van der Waals surface area contributed by atoms with Crippen LogP contribution in [0.1, 0.15) is 44.1 Å². The van der Waals surface area contributed by atoms with E-state index in [1.165, 1.54) is 38.5 Å². The molecule has 0 radical (unpaired) electrons. The van der Waals surface area contributed by atoms with Gasteiger partial charge in [0, 0.05) is 6.04 Å². The lowest BCUT2D eigenvalue weighted by atomic mass is 9.82. The van der Waals surface area contributed by atoms with Gasteiger partial charge in [-0.15, -0.1) is 0 Å². The second kappa shape index (κ2) is 4.91. The number of hydrogen-bond donors (Lipinski definition) is 1. The normalized spacial score (nSPS) is 28.1. The van der Waals surface area contributed by atoms with E-state index in [1.54, 1.807) is 6.07 Å². The molecule has 1 aromatic carbocycles. The molecule has 2 aliphatic carbocycles. The van der Waals surface area contributed by atoms with E-state index in [9.17, 15) is 4.39 Å². The molecule has 0 heterocycles. The Hall–Kier alpha value is -1.05. The van der Waals surface area contributed by atoms with E-state index >= 15 is 0 Å². The van der Waals surface area contributed by atoms with Gasteiger partial charge in [-0.3, -0.25) is 0 Å². The van der Waals surface area contributed by atoms with Crippen LogP contribution in [0.4, 0.5) is 10.1 Å². The number of anilines is 1. The van der Waals surface area contributed by atoms with Gasteiger partial charge in [-0.25, -0.2) is 4.39 Å². The van der Waals surface area contributed by atoms with Crippen LogP contribution in [-0.2, 0) is 0 Å². The van der Waals surface area contributed by atoms with Gasteiger partial charge in [-0.1, -0.05) is 18.9 Å². The Balaban J connectivity index is 1.64. The van der Waals surface area contributed by atoms with E-state index in [-0.39, 0.29) is 5.82 Å². The van der Waals surface area contributed by atoms with Crippen molar-refractivity contribution in [3.05, 3.63) is 29.6 Å². The van der Waals surface area contributed by atoms with Gasteiger partial charge in [0.1, 0.15) is 5.82 Å². The lowest BCUT2D eigenvalue weighted by Crippen LogP contribution is -2.28. The van der Waals surface area contributed by atoms with Crippen molar-refractivity contribution in [3.63, 3.8) is 0 Å². The van der Waals surface area contributed by atoms with Crippen LogP contribution >= 0.6 is 0 Å². The summed E-state index contributed by atoms with van der Waals surface area (Å²) in [5, 5.41) is 3.41. The molecule has 0 amide bonds. The number of aryl methyl sites for hydroxylation is 1. The Kier molecular flexibility index (Phi) is 3.27. The van der Waals surface area contributed by atoms with E-state index < -0.39 is 0 Å². The lowest BCUT2D eigenvalue weighted by molar-refractivity contribution is 0.302. The third-order valence-corrected chi connectivity index (χ3v) is 4.49. The maximum atomic E-state index is 13.8. The van der Waals surface area contributed by atoms with Crippen molar-refractivity contribution in [1.82, 2.24) is 0 Å². The lowest BCUT2D eigenvalue weighted by Gasteiger charge is -2.30. The molecule has 0 saturated heterocycles. The van der Waals surface area contributed by atoms with Gasteiger partial charge in [0.25, 0.3) is 0 Å². The predicted molar refractivity (Wildman–Crippen MR) is 73.2 cm³/mol. The highest BCUT2D eigenvalue weighted by Crippen LogP contribution is 2.44. The first-order valence-electron chi connectivity index (χ1n) is 7.25. The Bertz CT molecular complexity index is 425. The molecule has 98 valence electrons. The van der Waals surface area contributed by atoms with Crippen molar-refractivity contribution in [2.75, 3.05) is 5.32 Å². The predicted octanol–water partition coefficient (Wildman–Crippen LogP) is 4.51. The zero-order valence-corrected chi connectivity index (χ0v) is 11.1. The molecule has 3 rings (SSSR count). The number of nitrogens with one attached hydrogen (secondary N) is 1. The summed E-state index contributed by atoms with van der Waals surface area (Å²) >= 11 is 0. The van der Waals surface area contributed by atoms with Gasteiger partial charge in [0.15, 0.2) is 0 Å². The largest absolute Gasteiger partial charge is 0.380 e. The SMILES string of the molecule is Cc1ccc(NC2CCCC(C3CC3)C2)c(F)c1. The summed E-state index contributed by atoms with van der Waals surface area (Å²) in [4.78, 5) is 0. The smallest absolute Gasteiger partial charge is 0.146 e. The number of benzene rings is 1. The molecule has 18 heavy (non-hydrogen) atoms. The third kappa shape index (κ3) is 2.68. The minimum atomic E-state index is -0.108. The molecule has 2 aliphatic rings. The fourth-order valence-electron chi connectivity index (χ4n) is 3.31. The third-order valence-electron chi connectivity index (χ3n) is 4.49. The standard InChI is InChI=1S/C16H22FN/c1-11-5-8-16(15(17)9-11)18-14-4-2-3-13(10-14)12-6-7-12/h5,8-9,12-14,18H,2-4,6-7,10H2,1H3. The molecule has 2 saturated carbocycles. The van der Waals surface area contributed by atoms with Crippen molar-refractivity contribution < 1.29 is 4.39 Å². The average molecular weight is 247 g/mol. The summed E-state index contributed by atoms with van der Waals surface area (Å²) in [6.45, 7) is 1.93. The van der Waals surface area contributed by atoms with Crippen molar-refractivity contribution in [3.8, 4) is 0 Å². The van der Waals surface area contributed by atoms with E-state index in [2.05, 4.69) is 5.32 Å². The Morgan fingerprint density at radius 3 is 2.67 bits per heavy atom. The molecule has 2 atom stereocenters. The number of hydrogen-bond acceptors (Lipinski definition) is 1. The first-order valence-corrected chi connectivity index (χ1v) is 7.25. The van der Waals surface area contributed by atoms with Crippen LogP contribution < -0.4 is 5.32 Å². The summed E-state index contributed by atoms with van der Waals surface area (Å²) in [6, 6.07) is 5.95. The van der Waals surface area contributed by atoms with Gasteiger partial charge in [0.2, 0.25) is 0 Å². The van der Waals surface area contributed by atoms with E-state index in [0.29, 0.717) is 11.7 Å². The number of rotatable bonds is 3. The van der Waals surface area contributed by atoms with Crippen LogP contribution in [-0.4, -0.2) is 6.04 Å². The van der Waals surface area contributed by atoms with Gasteiger partial charge < -0.3 is 5.32 Å². The highest BCUT2D eigenvalue weighted by molar-refractivity contribution is 5.47. The molecule has 0 spiro atoms. The van der Waals surface area contributed by atoms with Crippen molar-refractivity contribution >= 4 is 5.69 Å². The molecule has 2 unspecified atom stereocenters. The van der Waals surface area contributed by atoms with Crippen LogP contribution in [0.5, 0.6) is 0 Å². The summed E-state index contributed by atoms with van der Waals surface area (Å²) in [5.74, 6) is 1.77. The second-order valence-electron chi connectivity index (χ2n) is 6.09. The maximum Gasteiger partial charge on any atom is 0.146 e. The van der Waals surface area contributed by atoms with Crippen LogP contribution in [0.2, 0.25) is 0 Å². The molecule has 1 aromatic rings. The van der Waals surface area contributed by atoms with E-state index in [4.69, 9.17) is 0 Å². The molecule has 0 aromatic heterocycles. The molecule has 1 nitrogen and oxygen atoms in total. The minimum absolute atomic E-state index is 0.108. The molecule has 1 N–H and O–H groups in total. The molecule has 0 aliphatic heterocycles. The van der Waals surface area contributed by atoms with Crippen LogP contribution in [0.15, 0.2) is 18.2 Å². The first kappa shape index (κ1) is 12.0. The second-order valence-corrected chi connectivity index (χ2v) is 6.09. The molecular formula is C16H22FN. The van der Waals surface area contributed by atoms with Gasteiger partial charge >= 0.3 is 0 Å². The quantitative estimate of drug-likeness (QED) is 0.828. The molecule has 2 heteroatoms. The van der Waals surface area contributed by atoms with Crippen LogP contribution in [0.3, 0.4) is 0 Å². The fraction of sp³-hybridized carbons (Fsp3) is 0.625. The van der Waals surface area contributed by atoms with E-state index in [0.717, 1.165) is 17.4 Å². The van der Waals surface area contributed by atoms with E-state index in [1.807, 2.05) is 19.1 Å². The minimum Gasteiger partial charge on any atom is -0.380 e. The highest BCUT2D eigenvalue weighted by atomic mass is 19.1. The van der Waals surface area contributed by atoms with Crippen LogP contribution in [0, 0.1) is 24.6 Å². The number of halogens is 1. The monoisotopic (exact) mass is 247 g/mol. The summed E-state index contributed by atoms with van der Waals surface area (Å²) < 4.78 is 13.8. The topological polar surface area (TPSA) is 12.0 Å². The van der Waals surface area contributed by atoms with Gasteiger partial charge in [-0.2, -0.15) is 0 Å². The van der Waals surface area contributed by atoms with Crippen molar-refractivity contribution in [1.29, 1.82) is 0 Å². The first-order chi connectivity index (χ1) is 8.72. The summed E-state index contributed by atoms with van der Waals surface area (Å²) in [6.07, 6.45) is 7.96. The maximum absolute atomic E-state index is 13.8. The average Bonchev–Trinajstić information content (AvgIpc) is 3.17. The molecule has 2 fully saturated rings. The Labute approximate surface area is 109 Å². The summed E-state index contributed by atoms with van der Waals surface area (Å²) in [5.41, 5.74) is 1.67. The van der Waals surface area contributed by atoms with Gasteiger partial charge in [0.05, 0.1) is 5.69 Å². The fourth-order valence-corrected chi connectivity index (χ4v) is 3.31. The summed E-state index contributed by atoms with van der Waals surface area (Å²) in [7, 11) is 0. The van der Waals surface area contributed by atoms with Gasteiger partial charge in [-0.05, 0) is 62.1 Å². The highest BCUT2D eigenvalue weighted by Gasteiger charge is 2.34. The van der Waals surface area contributed by atoms with Crippen molar-refractivity contribution in [2.24, 2.45) is 11.8 Å². The molecular weight excluding hydrogens is 225 g/mol.